The molecule has 0 amide bonds. The fourth-order valence-corrected chi connectivity index (χ4v) is 2.83. The van der Waals surface area contributed by atoms with Gasteiger partial charge in [0.05, 0.1) is 5.69 Å². The molecule has 0 aliphatic rings. The lowest BCUT2D eigenvalue weighted by molar-refractivity contribution is 0.104. The van der Waals surface area contributed by atoms with E-state index in [1.807, 2.05) is 24.6 Å². The number of thiazole rings is 1. The largest absolute Gasteiger partial charge is 0.508 e. The highest BCUT2D eigenvalue weighted by atomic mass is 32.1. The van der Waals surface area contributed by atoms with Gasteiger partial charge in [0.1, 0.15) is 11.4 Å². The van der Waals surface area contributed by atoms with Gasteiger partial charge in [0.15, 0.2) is 4.96 Å². The summed E-state index contributed by atoms with van der Waals surface area (Å²) < 4.78 is 1.80. The molecule has 0 aliphatic heterocycles. The zero-order valence-corrected chi connectivity index (χ0v) is 11.6. The summed E-state index contributed by atoms with van der Waals surface area (Å²) >= 11 is 1.50. The quantitative estimate of drug-likeness (QED) is 0.593. The van der Waals surface area contributed by atoms with Gasteiger partial charge in [-0.15, -0.1) is 11.3 Å². The van der Waals surface area contributed by atoms with Gasteiger partial charge in [-0.25, -0.2) is 4.98 Å². The van der Waals surface area contributed by atoms with E-state index >= 15 is 0 Å². The third-order valence-corrected chi connectivity index (χ3v) is 3.72. The number of nitrogens with zero attached hydrogens (tertiary/aromatic N) is 2. The molecule has 4 nitrogen and oxygen atoms in total. The first-order valence-corrected chi connectivity index (χ1v) is 6.97. The Morgan fingerprint density at radius 3 is 3.10 bits per heavy atom. The maximum atomic E-state index is 12.3. The molecule has 0 spiro atoms. The van der Waals surface area contributed by atoms with Gasteiger partial charge in [-0.2, -0.15) is 0 Å². The van der Waals surface area contributed by atoms with Crippen LogP contribution in [0.4, 0.5) is 0 Å². The molecule has 0 aliphatic carbocycles. The Morgan fingerprint density at radius 2 is 2.30 bits per heavy atom. The van der Waals surface area contributed by atoms with E-state index in [2.05, 4.69) is 4.98 Å². The number of aromatic nitrogens is 2. The molecule has 2 aromatic heterocycles. The maximum absolute atomic E-state index is 12.3. The molecule has 3 rings (SSSR count). The summed E-state index contributed by atoms with van der Waals surface area (Å²) in [6, 6.07) is 6.76. The fraction of sp³-hybridized carbons (Fsp3) is 0.0667. The Kier molecular flexibility index (Phi) is 3.12. The van der Waals surface area contributed by atoms with Gasteiger partial charge in [0.2, 0.25) is 5.78 Å². The fourth-order valence-electron chi connectivity index (χ4n) is 2.07. The van der Waals surface area contributed by atoms with Crippen LogP contribution in [0.25, 0.3) is 11.0 Å². The topological polar surface area (TPSA) is 54.6 Å². The Labute approximate surface area is 119 Å². The van der Waals surface area contributed by atoms with Crippen LogP contribution in [0.2, 0.25) is 0 Å². The Hall–Kier alpha value is -2.40. The van der Waals surface area contributed by atoms with Crippen molar-refractivity contribution in [3.63, 3.8) is 0 Å². The van der Waals surface area contributed by atoms with Crippen molar-refractivity contribution in [2.24, 2.45) is 0 Å². The number of imidazole rings is 1. The second kappa shape index (κ2) is 4.94. The monoisotopic (exact) mass is 284 g/mol. The molecule has 0 fully saturated rings. The molecule has 5 heteroatoms. The predicted molar refractivity (Wildman–Crippen MR) is 79.3 cm³/mol. The summed E-state index contributed by atoms with van der Waals surface area (Å²) in [4.78, 5) is 17.5. The van der Waals surface area contributed by atoms with Crippen LogP contribution in [0.5, 0.6) is 5.75 Å². The minimum Gasteiger partial charge on any atom is -0.508 e. The number of aryl methyl sites for hydroxylation is 1. The van der Waals surface area contributed by atoms with E-state index in [9.17, 15) is 9.90 Å². The Bertz CT molecular complexity index is 814. The SMILES string of the molecule is Cc1nc2sccn2c1C(=O)C=Cc1cccc(O)c1. The maximum Gasteiger partial charge on any atom is 0.204 e. The number of fused-ring (bicyclic) bond motifs is 1. The highest BCUT2D eigenvalue weighted by molar-refractivity contribution is 7.15. The van der Waals surface area contributed by atoms with Gasteiger partial charge < -0.3 is 5.11 Å². The summed E-state index contributed by atoms with van der Waals surface area (Å²) in [7, 11) is 0. The van der Waals surface area contributed by atoms with Crippen LogP contribution in [-0.4, -0.2) is 20.3 Å². The highest BCUT2D eigenvalue weighted by Gasteiger charge is 2.14. The predicted octanol–water partition coefficient (Wildman–Crippen LogP) is 3.31. The number of phenolic OH excluding ortho intramolecular Hbond substituents is 1. The molecule has 3 aromatic rings. The third kappa shape index (κ3) is 2.23. The summed E-state index contributed by atoms with van der Waals surface area (Å²) in [6.45, 7) is 1.83. The van der Waals surface area contributed by atoms with Crippen molar-refractivity contribution in [3.8, 4) is 5.75 Å². The summed E-state index contributed by atoms with van der Waals surface area (Å²) in [5.41, 5.74) is 2.09. The van der Waals surface area contributed by atoms with Crippen LogP contribution in [-0.2, 0) is 0 Å². The van der Waals surface area contributed by atoms with Crippen molar-refractivity contribution in [2.45, 2.75) is 6.92 Å². The van der Waals surface area contributed by atoms with Crippen molar-refractivity contribution in [1.29, 1.82) is 0 Å². The van der Waals surface area contributed by atoms with Gasteiger partial charge in [0, 0.05) is 11.6 Å². The number of hydrogen-bond acceptors (Lipinski definition) is 4. The molecule has 1 N–H and O–H groups in total. The number of benzene rings is 1. The first-order chi connectivity index (χ1) is 9.65. The smallest absolute Gasteiger partial charge is 0.204 e. The van der Waals surface area contributed by atoms with E-state index in [4.69, 9.17) is 0 Å². The zero-order valence-electron chi connectivity index (χ0n) is 10.8. The Morgan fingerprint density at radius 1 is 1.45 bits per heavy atom. The average Bonchev–Trinajstić information content (AvgIpc) is 2.95. The summed E-state index contributed by atoms with van der Waals surface area (Å²) in [6.07, 6.45) is 5.03. The van der Waals surface area contributed by atoms with Crippen LogP contribution < -0.4 is 0 Å². The van der Waals surface area contributed by atoms with Crippen molar-refractivity contribution in [2.75, 3.05) is 0 Å². The standard InChI is InChI=1S/C15H12N2O2S/c1-10-14(17-7-8-20-15(17)16-10)13(19)6-5-11-3-2-4-12(18)9-11/h2-9,18H,1H3. The van der Waals surface area contributed by atoms with E-state index in [0.717, 1.165) is 16.2 Å². The molecule has 0 bridgehead atoms. The molecule has 20 heavy (non-hydrogen) atoms. The van der Waals surface area contributed by atoms with E-state index in [-0.39, 0.29) is 11.5 Å². The van der Waals surface area contributed by atoms with Crippen LogP contribution in [0.3, 0.4) is 0 Å². The molecular weight excluding hydrogens is 272 g/mol. The average molecular weight is 284 g/mol. The molecule has 0 atom stereocenters. The number of aromatic hydroxyl groups is 1. The van der Waals surface area contributed by atoms with Crippen LogP contribution in [0.15, 0.2) is 41.9 Å². The lowest BCUT2D eigenvalue weighted by atomic mass is 10.1. The molecule has 2 heterocycles. The van der Waals surface area contributed by atoms with Gasteiger partial charge in [-0.1, -0.05) is 18.2 Å². The first-order valence-electron chi connectivity index (χ1n) is 6.09. The first kappa shape index (κ1) is 12.6. The number of allylic oxidation sites excluding steroid dienone is 1. The number of carbonyl (C=O) groups excluding carboxylic acids is 1. The number of carbonyl (C=O) groups is 1. The van der Waals surface area contributed by atoms with Gasteiger partial charge in [-0.3, -0.25) is 9.20 Å². The van der Waals surface area contributed by atoms with Crippen LogP contribution in [0, 0.1) is 6.92 Å². The van der Waals surface area contributed by atoms with Crippen LogP contribution >= 0.6 is 11.3 Å². The minimum atomic E-state index is -0.100. The van der Waals surface area contributed by atoms with E-state index < -0.39 is 0 Å². The number of rotatable bonds is 3. The molecule has 100 valence electrons. The summed E-state index contributed by atoms with van der Waals surface area (Å²) in [5, 5.41) is 11.3. The molecule has 0 saturated carbocycles. The van der Waals surface area contributed by atoms with E-state index in [1.54, 1.807) is 28.7 Å². The van der Waals surface area contributed by atoms with Crippen molar-refractivity contribution < 1.29 is 9.90 Å². The van der Waals surface area contributed by atoms with Crippen molar-refractivity contribution in [3.05, 3.63) is 58.9 Å². The summed E-state index contributed by atoms with van der Waals surface area (Å²) in [5.74, 6) is 0.0806. The molecule has 0 saturated heterocycles. The molecule has 0 radical (unpaired) electrons. The van der Waals surface area contributed by atoms with Crippen molar-refractivity contribution in [1.82, 2.24) is 9.38 Å². The Balaban J connectivity index is 1.93. The number of ketones is 1. The molecule has 1 aromatic carbocycles. The van der Waals surface area contributed by atoms with Gasteiger partial charge in [-0.05, 0) is 30.7 Å². The van der Waals surface area contributed by atoms with Crippen LogP contribution in [0.1, 0.15) is 21.7 Å². The van der Waals surface area contributed by atoms with E-state index in [1.165, 1.54) is 17.4 Å². The van der Waals surface area contributed by atoms with Gasteiger partial charge >= 0.3 is 0 Å². The second-order valence-electron chi connectivity index (χ2n) is 4.39. The zero-order chi connectivity index (χ0) is 14.1. The lowest BCUT2D eigenvalue weighted by Gasteiger charge is -1.97. The molecular formula is C15H12N2O2S. The minimum absolute atomic E-state index is 0.100. The number of phenols is 1. The third-order valence-electron chi connectivity index (χ3n) is 2.97. The van der Waals surface area contributed by atoms with Crippen molar-refractivity contribution >= 4 is 28.2 Å². The lowest BCUT2D eigenvalue weighted by Crippen LogP contribution is -2.00. The van der Waals surface area contributed by atoms with Gasteiger partial charge in [0.25, 0.3) is 0 Å². The second-order valence-corrected chi connectivity index (χ2v) is 5.27. The normalized spacial score (nSPS) is 11.4. The van der Waals surface area contributed by atoms with E-state index in [0.29, 0.717) is 5.69 Å². The number of hydrogen-bond donors (Lipinski definition) is 1. The highest BCUT2D eigenvalue weighted by Crippen LogP contribution is 2.18. The molecule has 0 unspecified atom stereocenters.